The van der Waals surface area contributed by atoms with Crippen molar-refractivity contribution in [1.29, 1.82) is 0 Å². The number of benzene rings is 3. The van der Waals surface area contributed by atoms with E-state index in [9.17, 15) is 13.2 Å². The van der Waals surface area contributed by atoms with E-state index in [-0.39, 0.29) is 17.3 Å². The third-order valence-corrected chi connectivity index (χ3v) is 7.71. The number of fused-ring (bicyclic) bond motifs is 1. The summed E-state index contributed by atoms with van der Waals surface area (Å²) in [5, 5.41) is 0.445. The summed E-state index contributed by atoms with van der Waals surface area (Å²) in [6.45, 7) is 3.95. The number of nitrogens with zero attached hydrogens (tertiary/aromatic N) is 2. The zero-order valence-electron chi connectivity index (χ0n) is 17.4. The molecule has 3 aromatic carbocycles. The lowest BCUT2D eigenvalue weighted by Crippen LogP contribution is -2.42. The van der Waals surface area contributed by atoms with Crippen molar-refractivity contribution in [2.24, 2.45) is 0 Å². The lowest BCUT2D eigenvalue weighted by molar-refractivity contribution is -0.117. The predicted octanol–water partition coefficient (Wildman–Crippen LogP) is 4.74. The maximum atomic E-state index is 13.5. The van der Waals surface area contributed by atoms with Gasteiger partial charge in [-0.3, -0.25) is 9.10 Å². The van der Waals surface area contributed by atoms with Gasteiger partial charge < -0.3 is 4.90 Å². The average Bonchev–Trinajstić information content (AvgIpc) is 3.18. The summed E-state index contributed by atoms with van der Waals surface area (Å²) in [5.41, 5.74) is 4.06. The van der Waals surface area contributed by atoms with E-state index < -0.39 is 10.0 Å². The highest BCUT2D eigenvalue weighted by Gasteiger charge is 2.31. The van der Waals surface area contributed by atoms with Crippen LogP contribution in [0.1, 0.15) is 16.7 Å². The van der Waals surface area contributed by atoms with Crippen molar-refractivity contribution < 1.29 is 13.2 Å². The van der Waals surface area contributed by atoms with Crippen molar-refractivity contribution in [1.82, 2.24) is 0 Å². The predicted molar refractivity (Wildman–Crippen MR) is 124 cm³/mol. The summed E-state index contributed by atoms with van der Waals surface area (Å²) < 4.78 is 28.2. The standard InChI is InChI=1S/C24H23ClN2O3S/c1-17-7-11-21(12-8-17)31(29,30)27(20-10-9-18(2)22(25)15-20)16-24(28)26-14-13-19-5-3-4-6-23(19)26/h3-12,15H,13-14,16H2,1-2H3. The largest absolute Gasteiger partial charge is 0.310 e. The molecule has 1 aliphatic rings. The molecule has 0 saturated heterocycles. The van der Waals surface area contributed by atoms with Gasteiger partial charge in [-0.1, -0.05) is 53.6 Å². The number of halogens is 1. The topological polar surface area (TPSA) is 57.7 Å². The monoisotopic (exact) mass is 454 g/mol. The SMILES string of the molecule is Cc1ccc(S(=O)(=O)N(CC(=O)N2CCc3ccccc32)c2ccc(C)c(Cl)c2)cc1. The Morgan fingerprint density at radius 2 is 1.74 bits per heavy atom. The van der Waals surface area contributed by atoms with Gasteiger partial charge in [0.15, 0.2) is 0 Å². The van der Waals surface area contributed by atoms with Gasteiger partial charge in [0.2, 0.25) is 5.91 Å². The van der Waals surface area contributed by atoms with Crippen molar-refractivity contribution in [2.75, 3.05) is 22.3 Å². The lowest BCUT2D eigenvalue weighted by Gasteiger charge is -2.27. The molecular formula is C24H23ClN2O3S. The average molecular weight is 455 g/mol. The van der Waals surface area contributed by atoms with Crippen LogP contribution < -0.4 is 9.21 Å². The summed E-state index contributed by atoms with van der Waals surface area (Å²) >= 11 is 6.29. The minimum atomic E-state index is -3.98. The maximum Gasteiger partial charge on any atom is 0.264 e. The van der Waals surface area contributed by atoms with E-state index in [0.717, 1.165) is 33.1 Å². The molecule has 0 spiro atoms. The normalized spacial score (nSPS) is 13.2. The van der Waals surface area contributed by atoms with Crippen molar-refractivity contribution >= 4 is 38.9 Å². The number of hydrogen-bond donors (Lipinski definition) is 0. The van der Waals surface area contributed by atoms with Crippen LogP contribution in [0.4, 0.5) is 11.4 Å². The van der Waals surface area contributed by atoms with Gasteiger partial charge in [-0.2, -0.15) is 0 Å². The third-order valence-electron chi connectivity index (χ3n) is 5.52. The second-order valence-electron chi connectivity index (χ2n) is 7.68. The number of amides is 1. The summed E-state index contributed by atoms with van der Waals surface area (Å²) in [7, 11) is -3.98. The first-order chi connectivity index (χ1) is 14.8. The number of carbonyl (C=O) groups is 1. The van der Waals surface area contributed by atoms with E-state index in [0.29, 0.717) is 17.3 Å². The molecule has 160 valence electrons. The van der Waals surface area contributed by atoms with E-state index >= 15 is 0 Å². The Balaban J connectivity index is 1.73. The van der Waals surface area contributed by atoms with E-state index in [2.05, 4.69) is 0 Å². The number of para-hydroxylation sites is 1. The van der Waals surface area contributed by atoms with E-state index in [1.807, 2.05) is 38.1 Å². The minimum absolute atomic E-state index is 0.129. The van der Waals surface area contributed by atoms with Crippen LogP contribution in [0.15, 0.2) is 71.6 Å². The van der Waals surface area contributed by atoms with Crippen LogP contribution in [0.3, 0.4) is 0 Å². The third kappa shape index (κ3) is 4.18. The van der Waals surface area contributed by atoms with E-state index in [1.54, 1.807) is 47.4 Å². The van der Waals surface area contributed by atoms with Crippen molar-refractivity contribution in [3.63, 3.8) is 0 Å². The maximum absolute atomic E-state index is 13.5. The van der Waals surface area contributed by atoms with Crippen LogP contribution in [0, 0.1) is 13.8 Å². The molecule has 0 aromatic heterocycles. The van der Waals surface area contributed by atoms with Gasteiger partial charge in [-0.25, -0.2) is 8.42 Å². The molecule has 1 heterocycles. The smallest absolute Gasteiger partial charge is 0.264 e. The summed E-state index contributed by atoms with van der Waals surface area (Å²) in [4.78, 5) is 15.0. The molecule has 31 heavy (non-hydrogen) atoms. The first-order valence-electron chi connectivity index (χ1n) is 10.0. The Morgan fingerprint density at radius 3 is 2.45 bits per heavy atom. The van der Waals surface area contributed by atoms with Gasteiger partial charge in [-0.15, -0.1) is 0 Å². The highest BCUT2D eigenvalue weighted by molar-refractivity contribution is 7.92. The van der Waals surface area contributed by atoms with Gasteiger partial charge in [0.1, 0.15) is 6.54 Å². The van der Waals surface area contributed by atoms with Gasteiger partial charge in [0.25, 0.3) is 10.0 Å². The number of hydrogen-bond acceptors (Lipinski definition) is 3. The first-order valence-corrected chi connectivity index (χ1v) is 11.8. The molecule has 0 radical (unpaired) electrons. The van der Waals surface area contributed by atoms with Crippen LogP contribution in [0.25, 0.3) is 0 Å². The Bertz CT molecular complexity index is 1240. The number of carbonyl (C=O) groups excluding carboxylic acids is 1. The number of sulfonamides is 1. The molecule has 0 fully saturated rings. The molecule has 0 N–H and O–H groups in total. The van der Waals surface area contributed by atoms with Crippen LogP contribution >= 0.6 is 11.6 Å². The second-order valence-corrected chi connectivity index (χ2v) is 9.95. The van der Waals surface area contributed by atoms with Gasteiger partial charge in [0, 0.05) is 17.3 Å². The molecule has 7 heteroatoms. The van der Waals surface area contributed by atoms with Crippen LogP contribution in [0.2, 0.25) is 5.02 Å². The van der Waals surface area contributed by atoms with E-state index in [4.69, 9.17) is 11.6 Å². The molecule has 4 rings (SSSR count). The fraction of sp³-hybridized carbons (Fsp3) is 0.208. The fourth-order valence-electron chi connectivity index (χ4n) is 3.69. The highest BCUT2D eigenvalue weighted by Crippen LogP contribution is 2.31. The molecular weight excluding hydrogens is 432 g/mol. The van der Waals surface area contributed by atoms with Gasteiger partial charge in [0.05, 0.1) is 10.6 Å². The van der Waals surface area contributed by atoms with Gasteiger partial charge in [-0.05, 0) is 61.7 Å². The molecule has 1 aliphatic heterocycles. The highest BCUT2D eigenvalue weighted by atomic mass is 35.5. The number of rotatable bonds is 5. The van der Waals surface area contributed by atoms with Crippen molar-refractivity contribution in [2.45, 2.75) is 25.2 Å². The number of anilines is 2. The van der Waals surface area contributed by atoms with Crippen molar-refractivity contribution in [3.05, 3.63) is 88.4 Å². The lowest BCUT2D eigenvalue weighted by atomic mass is 10.2. The quantitative estimate of drug-likeness (QED) is 0.559. The molecule has 0 atom stereocenters. The Morgan fingerprint density at radius 1 is 1.03 bits per heavy atom. The number of aryl methyl sites for hydroxylation is 2. The molecule has 1 amide bonds. The Hall–Kier alpha value is -2.83. The van der Waals surface area contributed by atoms with Gasteiger partial charge >= 0.3 is 0 Å². The summed E-state index contributed by atoms with van der Waals surface area (Å²) in [6, 6.07) is 19.3. The van der Waals surface area contributed by atoms with Crippen LogP contribution in [-0.2, 0) is 21.2 Å². The molecule has 0 unspecified atom stereocenters. The zero-order valence-corrected chi connectivity index (χ0v) is 18.9. The summed E-state index contributed by atoms with van der Waals surface area (Å²) in [6.07, 6.45) is 0.753. The Labute approximate surface area is 187 Å². The molecule has 0 aliphatic carbocycles. The van der Waals surface area contributed by atoms with Crippen molar-refractivity contribution in [3.8, 4) is 0 Å². The van der Waals surface area contributed by atoms with E-state index in [1.165, 1.54) is 0 Å². The molecule has 3 aromatic rings. The molecule has 5 nitrogen and oxygen atoms in total. The summed E-state index contributed by atoms with van der Waals surface area (Å²) in [5.74, 6) is -0.280. The fourth-order valence-corrected chi connectivity index (χ4v) is 5.28. The molecule has 0 saturated carbocycles. The minimum Gasteiger partial charge on any atom is -0.310 e. The second kappa shape index (κ2) is 8.36. The first kappa shape index (κ1) is 21.4. The zero-order chi connectivity index (χ0) is 22.2. The Kier molecular flexibility index (Phi) is 5.77. The molecule has 0 bridgehead atoms. The van der Waals surface area contributed by atoms with Crippen LogP contribution in [0.5, 0.6) is 0 Å². The van der Waals surface area contributed by atoms with Crippen LogP contribution in [-0.4, -0.2) is 27.4 Å².